The van der Waals surface area contributed by atoms with Gasteiger partial charge in [0.15, 0.2) is 6.61 Å². The van der Waals surface area contributed by atoms with Crippen molar-refractivity contribution in [1.29, 1.82) is 0 Å². The molecule has 1 atom stereocenters. The molecule has 0 saturated heterocycles. The van der Waals surface area contributed by atoms with E-state index in [0.717, 1.165) is 11.3 Å². The fourth-order valence-corrected chi connectivity index (χ4v) is 2.74. The predicted octanol–water partition coefficient (Wildman–Crippen LogP) is 3.12. The minimum atomic E-state index is -4.40. The van der Waals surface area contributed by atoms with Crippen LogP contribution >= 0.6 is 0 Å². The van der Waals surface area contributed by atoms with Crippen molar-refractivity contribution in [3.8, 4) is 5.88 Å². The van der Waals surface area contributed by atoms with Gasteiger partial charge in [-0.25, -0.2) is 9.97 Å². The summed E-state index contributed by atoms with van der Waals surface area (Å²) in [5.41, 5.74) is 2.98. The Morgan fingerprint density at radius 1 is 1.36 bits per heavy atom. The molecule has 0 aromatic carbocycles. The standard InChI is InChI=1S/C18H20F3N5O2/c1-10-16-13(26(3)11(2)17(27)25-16)6-14(24-10)22-7-12-4-5-15(23-8-12)28-9-18(19,20)21/h4-6,8,11H,7,9H2,1-3H3,(H,22,24)(H,25,27)/t11-/m0/s1. The van der Waals surface area contributed by atoms with Gasteiger partial charge >= 0.3 is 6.18 Å². The zero-order valence-corrected chi connectivity index (χ0v) is 15.6. The van der Waals surface area contributed by atoms with Gasteiger partial charge in [-0.05, 0) is 19.4 Å². The van der Waals surface area contributed by atoms with E-state index in [4.69, 9.17) is 0 Å². The van der Waals surface area contributed by atoms with Gasteiger partial charge in [-0.1, -0.05) is 6.07 Å². The number of alkyl halides is 3. The van der Waals surface area contributed by atoms with Crippen molar-refractivity contribution in [2.24, 2.45) is 0 Å². The molecule has 0 bridgehead atoms. The number of nitrogens with zero attached hydrogens (tertiary/aromatic N) is 3. The number of nitrogens with one attached hydrogen (secondary N) is 2. The highest BCUT2D eigenvalue weighted by Gasteiger charge is 2.29. The van der Waals surface area contributed by atoms with Gasteiger partial charge in [0.1, 0.15) is 11.9 Å². The lowest BCUT2D eigenvalue weighted by molar-refractivity contribution is -0.154. The van der Waals surface area contributed by atoms with Gasteiger partial charge in [-0.3, -0.25) is 4.79 Å². The van der Waals surface area contributed by atoms with Crippen LogP contribution in [0.2, 0.25) is 0 Å². The molecule has 2 aromatic heterocycles. The predicted molar refractivity (Wildman–Crippen MR) is 98.6 cm³/mol. The third-order valence-corrected chi connectivity index (χ3v) is 4.42. The zero-order chi connectivity index (χ0) is 20.5. The Morgan fingerprint density at radius 3 is 2.75 bits per heavy atom. The maximum absolute atomic E-state index is 12.2. The molecule has 10 heteroatoms. The summed E-state index contributed by atoms with van der Waals surface area (Å²) in [6.07, 6.45) is -2.96. The Morgan fingerprint density at radius 2 is 2.11 bits per heavy atom. The van der Waals surface area contributed by atoms with E-state index in [0.29, 0.717) is 23.7 Å². The highest BCUT2D eigenvalue weighted by Crippen LogP contribution is 2.34. The molecule has 3 rings (SSSR count). The fourth-order valence-electron chi connectivity index (χ4n) is 2.74. The lowest BCUT2D eigenvalue weighted by atomic mass is 10.1. The first-order chi connectivity index (χ1) is 13.1. The quantitative estimate of drug-likeness (QED) is 0.810. The third kappa shape index (κ3) is 4.44. The number of pyridine rings is 2. The van der Waals surface area contributed by atoms with Crippen molar-refractivity contribution in [2.45, 2.75) is 32.6 Å². The van der Waals surface area contributed by atoms with Crippen molar-refractivity contribution >= 4 is 23.1 Å². The molecule has 0 unspecified atom stereocenters. The van der Waals surface area contributed by atoms with Gasteiger partial charge < -0.3 is 20.3 Å². The minimum absolute atomic E-state index is 0.0838. The van der Waals surface area contributed by atoms with E-state index in [2.05, 4.69) is 25.3 Å². The first-order valence-electron chi connectivity index (χ1n) is 8.58. The van der Waals surface area contributed by atoms with E-state index in [1.165, 1.54) is 12.3 Å². The van der Waals surface area contributed by atoms with Gasteiger partial charge in [0.2, 0.25) is 11.8 Å². The number of amides is 1. The highest BCUT2D eigenvalue weighted by atomic mass is 19.4. The molecule has 2 N–H and O–H groups in total. The molecule has 2 aromatic rings. The number of ether oxygens (including phenoxy) is 1. The molecule has 0 spiro atoms. The first-order valence-corrected chi connectivity index (χ1v) is 8.58. The SMILES string of the molecule is Cc1nc(NCc2ccc(OCC(F)(F)F)nc2)cc2c1NC(=O)[C@H](C)N2C. The molecule has 7 nitrogen and oxygen atoms in total. The lowest BCUT2D eigenvalue weighted by Crippen LogP contribution is -2.44. The molecule has 0 radical (unpaired) electrons. The molecule has 1 aliphatic rings. The topological polar surface area (TPSA) is 79.4 Å². The summed E-state index contributed by atoms with van der Waals surface area (Å²) in [6.45, 7) is 2.62. The first kappa shape index (κ1) is 19.7. The van der Waals surface area contributed by atoms with Crippen LogP contribution in [-0.2, 0) is 11.3 Å². The van der Waals surface area contributed by atoms with Gasteiger partial charge in [-0.2, -0.15) is 13.2 Å². The maximum atomic E-state index is 12.2. The average molecular weight is 395 g/mol. The molecule has 0 fully saturated rings. The summed E-state index contributed by atoms with van der Waals surface area (Å²) >= 11 is 0. The summed E-state index contributed by atoms with van der Waals surface area (Å²) in [5.74, 6) is 0.443. The molecule has 3 heterocycles. The molecule has 0 saturated carbocycles. The minimum Gasteiger partial charge on any atom is -0.468 e. The van der Waals surface area contributed by atoms with Crippen molar-refractivity contribution in [3.63, 3.8) is 0 Å². The van der Waals surface area contributed by atoms with Crippen LogP contribution in [0.25, 0.3) is 0 Å². The second-order valence-corrected chi connectivity index (χ2v) is 6.53. The average Bonchev–Trinajstić information content (AvgIpc) is 2.64. The van der Waals surface area contributed by atoms with Crippen molar-refractivity contribution < 1.29 is 22.7 Å². The van der Waals surface area contributed by atoms with Gasteiger partial charge in [-0.15, -0.1) is 0 Å². The van der Waals surface area contributed by atoms with Gasteiger partial charge in [0, 0.05) is 31.9 Å². The van der Waals surface area contributed by atoms with E-state index < -0.39 is 12.8 Å². The number of anilines is 3. The number of aryl methyl sites for hydroxylation is 1. The fraction of sp³-hybridized carbons (Fsp3) is 0.389. The number of carbonyl (C=O) groups excluding carboxylic acids is 1. The largest absolute Gasteiger partial charge is 0.468 e. The van der Waals surface area contributed by atoms with Crippen LogP contribution in [0.1, 0.15) is 18.2 Å². The monoisotopic (exact) mass is 395 g/mol. The molecule has 1 amide bonds. The third-order valence-electron chi connectivity index (χ3n) is 4.42. The summed E-state index contributed by atoms with van der Waals surface area (Å²) in [7, 11) is 1.84. The summed E-state index contributed by atoms with van der Waals surface area (Å²) in [5, 5.41) is 6.03. The number of carbonyl (C=O) groups is 1. The maximum Gasteiger partial charge on any atom is 0.422 e. The van der Waals surface area contributed by atoms with Crippen LogP contribution < -0.4 is 20.3 Å². The Balaban J connectivity index is 1.67. The summed E-state index contributed by atoms with van der Waals surface area (Å²) < 4.78 is 41.1. The Kier molecular flexibility index (Phi) is 5.30. The number of likely N-dealkylation sites (N-methyl/N-ethyl adjacent to an activating group) is 1. The normalized spacial score (nSPS) is 16.4. The molecular formula is C18H20F3N5O2. The Bertz CT molecular complexity index is 871. The Hall–Kier alpha value is -3.04. The van der Waals surface area contributed by atoms with Crippen LogP contribution in [0.3, 0.4) is 0 Å². The van der Waals surface area contributed by atoms with Gasteiger partial charge in [0.05, 0.1) is 17.1 Å². The van der Waals surface area contributed by atoms with Crippen molar-refractivity contribution in [1.82, 2.24) is 9.97 Å². The number of hydrogen-bond donors (Lipinski definition) is 2. The molecular weight excluding hydrogens is 375 g/mol. The zero-order valence-electron chi connectivity index (χ0n) is 15.6. The van der Waals surface area contributed by atoms with Crippen molar-refractivity contribution in [3.05, 3.63) is 35.7 Å². The lowest BCUT2D eigenvalue weighted by Gasteiger charge is -2.34. The van der Waals surface area contributed by atoms with Crippen LogP contribution in [-0.4, -0.2) is 41.7 Å². The number of hydrogen-bond acceptors (Lipinski definition) is 6. The number of rotatable bonds is 5. The number of aromatic nitrogens is 2. The van der Waals surface area contributed by atoms with E-state index in [-0.39, 0.29) is 17.8 Å². The van der Waals surface area contributed by atoms with Crippen molar-refractivity contribution in [2.75, 3.05) is 29.2 Å². The molecule has 1 aliphatic heterocycles. The van der Waals surface area contributed by atoms with Crippen LogP contribution in [0.5, 0.6) is 5.88 Å². The van der Waals surface area contributed by atoms with Gasteiger partial charge in [0.25, 0.3) is 0 Å². The second-order valence-electron chi connectivity index (χ2n) is 6.53. The van der Waals surface area contributed by atoms with E-state index >= 15 is 0 Å². The van der Waals surface area contributed by atoms with Crippen LogP contribution in [0.15, 0.2) is 24.4 Å². The molecule has 150 valence electrons. The van der Waals surface area contributed by atoms with Crippen LogP contribution in [0, 0.1) is 6.92 Å². The summed E-state index contributed by atoms with van der Waals surface area (Å²) in [4.78, 5) is 22.2. The van der Waals surface area contributed by atoms with E-state index in [1.54, 1.807) is 6.07 Å². The highest BCUT2D eigenvalue weighted by molar-refractivity contribution is 6.04. The Labute approximate surface area is 159 Å². The summed E-state index contributed by atoms with van der Waals surface area (Å²) in [6, 6.07) is 4.56. The van der Waals surface area contributed by atoms with E-state index in [1.807, 2.05) is 31.9 Å². The molecule has 0 aliphatic carbocycles. The van der Waals surface area contributed by atoms with Crippen LogP contribution in [0.4, 0.5) is 30.4 Å². The molecule has 28 heavy (non-hydrogen) atoms. The smallest absolute Gasteiger partial charge is 0.422 e. The second kappa shape index (κ2) is 7.53. The van der Waals surface area contributed by atoms with E-state index in [9.17, 15) is 18.0 Å². The number of fused-ring (bicyclic) bond motifs is 1. The number of halogens is 3.